The summed E-state index contributed by atoms with van der Waals surface area (Å²) in [6.45, 7) is 3.18. The number of carbonyl (C=O) groups is 1. The molecule has 2 N–H and O–H groups in total. The van der Waals surface area contributed by atoms with Crippen molar-refractivity contribution in [3.63, 3.8) is 0 Å². The Morgan fingerprint density at radius 2 is 2.04 bits per heavy atom. The highest BCUT2D eigenvalue weighted by Gasteiger charge is 2.21. The second-order valence-electron chi connectivity index (χ2n) is 6.50. The first-order valence-electron chi connectivity index (χ1n) is 8.84. The van der Waals surface area contributed by atoms with Crippen LogP contribution in [0.15, 0.2) is 53.5 Å². The molecule has 138 valence electrons. The van der Waals surface area contributed by atoms with Gasteiger partial charge in [-0.25, -0.2) is 4.99 Å². The maximum Gasteiger partial charge on any atom is 0.255 e. The molecule has 0 saturated heterocycles. The minimum Gasteiger partial charge on any atom is -0.493 e. The fourth-order valence-corrected chi connectivity index (χ4v) is 3.20. The molecule has 1 amide bonds. The fourth-order valence-electron chi connectivity index (χ4n) is 3.20. The summed E-state index contributed by atoms with van der Waals surface area (Å²) >= 11 is 0. The molecule has 6 heteroatoms. The van der Waals surface area contributed by atoms with E-state index < -0.39 is 0 Å². The standard InChI is InChI=1S/C21H20N2O4/c1-13(14-6-7-17-19(11-14)26-9-8-22-20(17)24)10-15-12-27-18-5-3-2-4-16(18)21(25)23-15/h2-7,10-11,15H,8-9,12H2,1H3,(H,22,24)(H,23,25)/b13-10+. The molecule has 0 aliphatic carbocycles. The molecule has 6 nitrogen and oxygen atoms in total. The Bertz CT molecular complexity index is 949. The third kappa shape index (κ3) is 3.51. The van der Waals surface area contributed by atoms with Crippen molar-refractivity contribution in [1.29, 1.82) is 0 Å². The summed E-state index contributed by atoms with van der Waals surface area (Å²) in [5, 5.41) is 13.0. The quantitative estimate of drug-likeness (QED) is 0.859. The third-order valence-electron chi connectivity index (χ3n) is 4.61. The molecular formula is C21H20N2O4. The van der Waals surface area contributed by atoms with Crippen LogP contribution in [0.2, 0.25) is 0 Å². The van der Waals surface area contributed by atoms with E-state index in [2.05, 4.69) is 10.3 Å². The molecular weight excluding hydrogens is 344 g/mol. The second kappa shape index (κ2) is 7.15. The Kier molecular flexibility index (Phi) is 4.54. The van der Waals surface area contributed by atoms with Gasteiger partial charge in [-0.2, -0.15) is 0 Å². The maximum absolute atomic E-state index is 12.4. The summed E-state index contributed by atoms with van der Waals surface area (Å²) in [4.78, 5) is 16.5. The average Bonchev–Trinajstić information content (AvgIpc) is 2.96. The van der Waals surface area contributed by atoms with Crippen molar-refractivity contribution in [2.75, 3.05) is 19.8 Å². The smallest absolute Gasteiger partial charge is 0.255 e. The largest absolute Gasteiger partial charge is 0.493 e. The molecule has 0 spiro atoms. The number of allylic oxidation sites excluding steroid dienone is 1. The lowest BCUT2D eigenvalue weighted by Crippen LogP contribution is -2.35. The molecule has 2 aromatic rings. The van der Waals surface area contributed by atoms with Gasteiger partial charge in [0, 0.05) is 0 Å². The molecule has 1 atom stereocenters. The molecule has 1 unspecified atom stereocenters. The first kappa shape index (κ1) is 17.1. The Morgan fingerprint density at radius 3 is 2.93 bits per heavy atom. The molecule has 27 heavy (non-hydrogen) atoms. The summed E-state index contributed by atoms with van der Waals surface area (Å²) in [6, 6.07) is 12.5. The van der Waals surface area contributed by atoms with E-state index >= 15 is 0 Å². The van der Waals surface area contributed by atoms with Crippen LogP contribution in [0, 0.1) is 0 Å². The van der Waals surface area contributed by atoms with E-state index in [4.69, 9.17) is 9.47 Å². The minimum atomic E-state index is -0.250. The minimum absolute atomic E-state index is 0.00196. The number of carbonyl (C=O) groups excluding carboxylic acids is 1. The molecule has 0 saturated carbocycles. The number of amides is 1. The van der Waals surface area contributed by atoms with E-state index in [1.165, 1.54) is 0 Å². The Balaban J connectivity index is 1.57. The van der Waals surface area contributed by atoms with Crippen molar-refractivity contribution < 1.29 is 19.4 Å². The number of ether oxygens (including phenoxy) is 2. The Morgan fingerprint density at radius 1 is 1.19 bits per heavy atom. The first-order chi connectivity index (χ1) is 13.1. The predicted molar refractivity (Wildman–Crippen MR) is 103 cm³/mol. The van der Waals surface area contributed by atoms with Gasteiger partial charge in [-0.15, -0.1) is 0 Å². The molecule has 0 aromatic heterocycles. The highest BCUT2D eigenvalue weighted by molar-refractivity contribution is 5.98. The maximum atomic E-state index is 12.4. The molecule has 4 rings (SSSR count). The van der Waals surface area contributed by atoms with E-state index in [9.17, 15) is 9.90 Å². The van der Waals surface area contributed by atoms with Crippen molar-refractivity contribution in [2.45, 2.75) is 13.0 Å². The Hall–Kier alpha value is -3.28. The molecule has 0 radical (unpaired) electrons. The summed E-state index contributed by atoms with van der Waals surface area (Å²) in [5.41, 5.74) is 3.05. The van der Waals surface area contributed by atoms with E-state index in [0.29, 0.717) is 42.4 Å². The zero-order valence-electron chi connectivity index (χ0n) is 14.9. The normalized spacial score (nSPS) is 19.3. The van der Waals surface area contributed by atoms with Gasteiger partial charge in [0.15, 0.2) is 0 Å². The van der Waals surface area contributed by atoms with E-state index in [0.717, 1.165) is 11.1 Å². The van der Waals surface area contributed by atoms with E-state index in [1.54, 1.807) is 18.2 Å². The second-order valence-corrected chi connectivity index (χ2v) is 6.50. The van der Waals surface area contributed by atoms with Crippen molar-refractivity contribution >= 4 is 17.4 Å². The van der Waals surface area contributed by atoms with Gasteiger partial charge in [-0.1, -0.05) is 24.3 Å². The van der Waals surface area contributed by atoms with Crippen LogP contribution in [0.25, 0.3) is 5.57 Å². The summed E-state index contributed by atoms with van der Waals surface area (Å²) in [5.74, 6) is 1.05. The lowest BCUT2D eigenvalue weighted by molar-refractivity contribution is 0.0947. The lowest BCUT2D eigenvalue weighted by atomic mass is 10.0. The number of benzene rings is 2. The number of para-hydroxylation sites is 1. The number of fused-ring (bicyclic) bond motifs is 2. The number of aliphatic hydroxyl groups is 1. The number of nitrogens with one attached hydrogen (secondary N) is 1. The monoisotopic (exact) mass is 364 g/mol. The van der Waals surface area contributed by atoms with Gasteiger partial charge in [0.05, 0.1) is 23.7 Å². The van der Waals surface area contributed by atoms with Crippen molar-refractivity contribution in [1.82, 2.24) is 5.32 Å². The van der Waals surface area contributed by atoms with Crippen molar-refractivity contribution in [3.8, 4) is 11.5 Å². The summed E-state index contributed by atoms with van der Waals surface area (Å²) in [6.07, 6.45) is 1.97. The molecule has 0 fully saturated rings. The van der Waals surface area contributed by atoms with Crippen LogP contribution < -0.4 is 14.8 Å². The molecule has 0 bridgehead atoms. The summed E-state index contributed by atoms with van der Waals surface area (Å²) in [7, 11) is 0. The molecule has 2 aromatic carbocycles. The van der Waals surface area contributed by atoms with Crippen molar-refractivity contribution in [2.24, 2.45) is 4.99 Å². The number of hydrogen-bond donors (Lipinski definition) is 2. The molecule has 2 heterocycles. The van der Waals surface area contributed by atoms with Crippen LogP contribution in [0.1, 0.15) is 28.4 Å². The van der Waals surface area contributed by atoms with Gasteiger partial charge >= 0.3 is 0 Å². The van der Waals surface area contributed by atoms with Crippen LogP contribution in [0.3, 0.4) is 0 Å². The van der Waals surface area contributed by atoms with Crippen LogP contribution in [-0.4, -0.2) is 42.7 Å². The van der Waals surface area contributed by atoms with Gasteiger partial charge in [-0.05, 0) is 42.3 Å². The highest BCUT2D eigenvalue weighted by Crippen LogP contribution is 2.27. The lowest BCUT2D eigenvalue weighted by Gasteiger charge is -2.14. The van der Waals surface area contributed by atoms with Gasteiger partial charge < -0.3 is 19.9 Å². The zero-order valence-corrected chi connectivity index (χ0v) is 14.9. The molecule has 2 aliphatic rings. The number of aliphatic imine (C=N–C) groups is 1. The number of rotatable bonds is 2. The predicted octanol–water partition coefficient (Wildman–Crippen LogP) is 2.98. The van der Waals surface area contributed by atoms with Crippen LogP contribution in [-0.2, 0) is 0 Å². The Labute approximate surface area is 157 Å². The highest BCUT2D eigenvalue weighted by atomic mass is 16.5. The number of hydrogen-bond acceptors (Lipinski definition) is 4. The van der Waals surface area contributed by atoms with Crippen molar-refractivity contribution in [3.05, 3.63) is 65.2 Å². The first-order valence-corrected chi connectivity index (χ1v) is 8.84. The summed E-state index contributed by atoms with van der Waals surface area (Å²) < 4.78 is 11.5. The third-order valence-corrected chi connectivity index (χ3v) is 4.61. The van der Waals surface area contributed by atoms with Crippen LogP contribution in [0.5, 0.6) is 11.5 Å². The van der Waals surface area contributed by atoms with Gasteiger partial charge in [0.25, 0.3) is 5.91 Å². The van der Waals surface area contributed by atoms with E-state index in [-0.39, 0.29) is 17.8 Å². The van der Waals surface area contributed by atoms with E-state index in [1.807, 2.05) is 37.3 Å². The SMILES string of the molecule is C/C(=C\C1COc2ccccc2C(=O)N1)c1ccc2c(c1)OCCN=C2O. The zero-order chi connectivity index (χ0) is 18.8. The topological polar surface area (TPSA) is 80.2 Å². The fraction of sp³-hybridized carbons (Fsp3) is 0.238. The van der Waals surface area contributed by atoms with Gasteiger partial charge in [-0.3, -0.25) is 4.79 Å². The molecule has 2 aliphatic heterocycles. The van der Waals surface area contributed by atoms with Gasteiger partial charge in [0.2, 0.25) is 5.90 Å². The average molecular weight is 364 g/mol. The number of aliphatic hydroxyl groups excluding tert-OH is 1. The van der Waals surface area contributed by atoms with Crippen LogP contribution >= 0.6 is 0 Å². The number of nitrogens with zero attached hydrogens (tertiary/aromatic N) is 1. The van der Waals surface area contributed by atoms with Crippen LogP contribution in [0.4, 0.5) is 0 Å². The van der Waals surface area contributed by atoms with Gasteiger partial charge in [0.1, 0.15) is 24.7 Å².